The van der Waals surface area contributed by atoms with E-state index in [0.29, 0.717) is 27.3 Å². The van der Waals surface area contributed by atoms with Crippen molar-refractivity contribution in [3.63, 3.8) is 0 Å². The van der Waals surface area contributed by atoms with E-state index in [0.717, 1.165) is 16.8 Å². The topological polar surface area (TPSA) is 38.8 Å². The van der Waals surface area contributed by atoms with Crippen molar-refractivity contribution < 1.29 is 14.3 Å². The van der Waals surface area contributed by atoms with Gasteiger partial charge in [-0.3, -0.25) is 9.69 Å². The molecule has 3 rings (SSSR count). The number of hydrogen-bond donors (Lipinski definition) is 0. The van der Waals surface area contributed by atoms with Crippen LogP contribution >= 0.6 is 24.0 Å². The third kappa shape index (κ3) is 4.01. The molecule has 0 aromatic heterocycles. The van der Waals surface area contributed by atoms with Gasteiger partial charge in [0.15, 0.2) is 15.8 Å². The van der Waals surface area contributed by atoms with E-state index in [9.17, 15) is 4.79 Å². The first-order chi connectivity index (χ1) is 12.9. The number of thioether (sulfide) groups is 1. The molecule has 6 heteroatoms. The number of benzene rings is 2. The molecule has 0 radical (unpaired) electrons. The fourth-order valence-electron chi connectivity index (χ4n) is 2.76. The van der Waals surface area contributed by atoms with Gasteiger partial charge in [0, 0.05) is 0 Å². The van der Waals surface area contributed by atoms with E-state index in [2.05, 4.69) is 0 Å². The van der Waals surface area contributed by atoms with Gasteiger partial charge in [-0.15, -0.1) is 0 Å². The molecule has 1 aliphatic heterocycles. The van der Waals surface area contributed by atoms with Crippen LogP contribution in [-0.4, -0.2) is 23.9 Å². The third-order valence-corrected chi connectivity index (χ3v) is 5.63. The van der Waals surface area contributed by atoms with Gasteiger partial charge in [-0.2, -0.15) is 0 Å². The van der Waals surface area contributed by atoms with E-state index in [1.807, 2.05) is 63.2 Å². The third-order valence-electron chi connectivity index (χ3n) is 4.33. The van der Waals surface area contributed by atoms with Crippen molar-refractivity contribution in [3.8, 4) is 11.5 Å². The minimum absolute atomic E-state index is 0.110. The maximum absolute atomic E-state index is 12.9. The second-order valence-corrected chi connectivity index (χ2v) is 7.80. The van der Waals surface area contributed by atoms with E-state index < -0.39 is 0 Å². The van der Waals surface area contributed by atoms with Crippen molar-refractivity contribution in [1.82, 2.24) is 0 Å². The van der Waals surface area contributed by atoms with E-state index in [4.69, 9.17) is 21.7 Å². The number of amides is 1. The second-order valence-electron chi connectivity index (χ2n) is 6.13. The summed E-state index contributed by atoms with van der Waals surface area (Å²) in [5.41, 5.74) is 3.96. The Morgan fingerprint density at radius 1 is 1.11 bits per heavy atom. The van der Waals surface area contributed by atoms with E-state index >= 15 is 0 Å². The molecule has 4 nitrogen and oxygen atoms in total. The Morgan fingerprint density at radius 2 is 1.89 bits per heavy atom. The average Bonchev–Trinajstić information content (AvgIpc) is 2.92. The quantitative estimate of drug-likeness (QED) is 0.516. The van der Waals surface area contributed by atoms with Crippen molar-refractivity contribution in [2.45, 2.75) is 20.8 Å². The van der Waals surface area contributed by atoms with Crippen LogP contribution in [0.3, 0.4) is 0 Å². The summed E-state index contributed by atoms with van der Waals surface area (Å²) in [7, 11) is 1.60. The number of carbonyl (C=O) groups is 1. The number of hydrogen-bond acceptors (Lipinski definition) is 5. The number of nitrogens with zero attached hydrogens (tertiary/aromatic N) is 1. The zero-order valence-electron chi connectivity index (χ0n) is 15.7. The standard InChI is InChI=1S/C21H21NO3S2/c1-5-25-17-9-7-15(11-18(17)24-4)12-19-20(23)22(21(26)27-19)16-8-6-13(2)14(3)10-16/h6-12H,5H2,1-4H3. The van der Waals surface area contributed by atoms with Gasteiger partial charge in [0.25, 0.3) is 5.91 Å². The zero-order valence-corrected chi connectivity index (χ0v) is 17.4. The lowest BCUT2D eigenvalue weighted by Gasteiger charge is -2.16. The summed E-state index contributed by atoms with van der Waals surface area (Å²) in [5, 5.41) is 0. The largest absolute Gasteiger partial charge is 0.493 e. The molecule has 1 amide bonds. The van der Waals surface area contributed by atoms with Gasteiger partial charge >= 0.3 is 0 Å². The van der Waals surface area contributed by atoms with Crippen LogP contribution in [-0.2, 0) is 4.79 Å². The summed E-state index contributed by atoms with van der Waals surface area (Å²) in [6.07, 6.45) is 1.83. The minimum Gasteiger partial charge on any atom is -0.493 e. The van der Waals surface area contributed by atoms with Crippen LogP contribution in [0.25, 0.3) is 6.08 Å². The maximum atomic E-state index is 12.9. The van der Waals surface area contributed by atoms with Gasteiger partial charge in [0.05, 0.1) is 24.3 Å². The number of anilines is 1. The summed E-state index contributed by atoms with van der Waals surface area (Å²) in [4.78, 5) is 15.1. The summed E-state index contributed by atoms with van der Waals surface area (Å²) in [6, 6.07) is 11.5. The van der Waals surface area contributed by atoms with Crippen molar-refractivity contribution in [2.24, 2.45) is 0 Å². The Hall–Kier alpha value is -2.31. The van der Waals surface area contributed by atoms with Crippen LogP contribution in [0.4, 0.5) is 5.69 Å². The highest BCUT2D eigenvalue weighted by Gasteiger charge is 2.33. The van der Waals surface area contributed by atoms with E-state index in [1.54, 1.807) is 12.0 Å². The second kappa shape index (κ2) is 8.15. The number of methoxy groups -OCH3 is 1. The van der Waals surface area contributed by atoms with Crippen LogP contribution < -0.4 is 14.4 Å². The smallest absolute Gasteiger partial charge is 0.270 e. The summed E-state index contributed by atoms with van der Waals surface area (Å²) < 4.78 is 11.5. The van der Waals surface area contributed by atoms with Gasteiger partial charge in [-0.05, 0) is 67.8 Å². The molecule has 0 spiro atoms. The molecule has 0 unspecified atom stereocenters. The Bertz CT molecular complexity index is 937. The molecule has 1 saturated heterocycles. The molecule has 1 aliphatic rings. The Morgan fingerprint density at radius 3 is 2.56 bits per heavy atom. The van der Waals surface area contributed by atoms with Crippen LogP contribution in [0.1, 0.15) is 23.6 Å². The normalized spacial score (nSPS) is 15.6. The predicted molar refractivity (Wildman–Crippen MR) is 116 cm³/mol. The number of carbonyl (C=O) groups excluding carboxylic acids is 1. The highest BCUT2D eigenvalue weighted by Crippen LogP contribution is 2.37. The molecule has 0 saturated carbocycles. The van der Waals surface area contributed by atoms with Crippen LogP contribution in [0.2, 0.25) is 0 Å². The van der Waals surface area contributed by atoms with Gasteiger partial charge in [0.2, 0.25) is 0 Å². The molecule has 140 valence electrons. The SMILES string of the molecule is CCOc1ccc(C=C2SC(=S)N(c3ccc(C)c(C)c3)C2=O)cc1OC. The molecule has 0 bridgehead atoms. The minimum atomic E-state index is -0.110. The summed E-state index contributed by atoms with van der Waals surface area (Å²) >= 11 is 6.76. The summed E-state index contributed by atoms with van der Waals surface area (Å²) in [5.74, 6) is 1.20. The molecular weight excluding hydrogens is 378 g/mol. The van der Waals surface area contributed by atoms with Crippen molar-refractivity contribution in [2.75, 3.05) is 18.6 Å². The monoisotopic (exact) mass is 399 g/mol. The van der Waals surface area contributed by atoms with Crippen LogP contribution in [0, 0.1) is 13.8 Å². The molecule has 1 heterocycles. The van der Waals surface area contributed by atoms with Gasteiger partial charge < -0.3 is 9.47 Å². The first kappa shape index (κ1) is 19.5. The molecule has 2 aromatic carbocycles. The maximum Gasteiger partial charge on any atom is 0.270 e. The van der Waals surface area contributed by atoms with Crippen molar-refractivity contribution >= 4 is 46.0 Å². The average molecular weight is 400 g/mol. The van der Waals surface area contributed by atoms with Gasteiger partial charge in [-0.25, -0.2) is 0 Å². The Balaban J connectivity index is 1.91. The van der Waals surface area contributed by atoms with Gasteiger partial charge in [0.1, 0.15) is 0 Å². The number of thiocarbonyl (C=S) groups is 1. The Kier molecular flexibility index (Phi) is 5.87. The van der Waals surface area contributed by atoms with Gasteiger partial charge in [-0.1, -0.05) is 36.1 Å². The fourth-order valence-corrected chi connectivity index (χ4v) is 4.05. The molecular formula is C21H21NO3S2. The molecule has 1 fully saturated rings. The Labute approximate surface area is 169 Å². The summed E-state index contributed by atoms with van der Waals surface area (Å²) in [6.45, 7) is 6.55. The highest BCUT2D eigenvalue weighted by atomic mass is 32.2. The first-order valence-electron chi connectivity index (χ1n) is 8.60. The molecule has 0 aliphatic carbocycles. The molecule has 0 atom stereocenters. The van der Waals surface area contributed by atoms with Crippen molar-refractivity contribution in [1.29, 1.82) is 0 Å². The molecule has 0 N–H and O–H groups in total. The van der Waals surface area contributed by atoms with E-state index in [-0.39, 0.29) is 5.91 Å². The van der Waals surface area contributed by atoms with Crippen LogP contribution in [0.5, 0.6) is 11.5 Å². The van der Waals surface area contributed by atoms with Crippen molar-refractivity contribution in [3.05, 3.63) is 58.0 Å². The lowest BCUT2D eigenvalue weighted by molar-refractivity contribution is -0.113. The first-order valence-corrected chi connectivity index (χ1v) is 9.83. The molecule has 2 aromatic rings. The van der Waals surface area contributed by atoms with Crippen LogP contribution in [0.15, 0.2) is 41.3 Å². The molecule has 27 heavy (non-hydrogen) atoms. The zero-order chi connectivity index (χ0) is 19.6. The number of aryl methyl sites for hydroxylation is 2. The fraction of sp³-hybridized carbons (Fsp3) is 0.238. The predicted octanol–water partition coefficient (Wildman–Crippen LogP) is 5.12. The number of ether oxygens (including phenoxy) is 2. The lowest BCUT2D eigenvalue weighted by atomic mass is 10.1. The van der Waals surface area contributed by atoms with E-state index in [1.165, 1.54) is 17.3 Å². The highest BCUT2D eigenvalue weighted by molar-refractivity contribution is 8.27. The lowest BCUT2D eigenvalue weighted by Crippen LogP contribution is -2.27. The number of rotatable bonds is 5.